The topological polar surface area (TPSA) is 0 Å². The van der Waals surface area contributed by atoms with Crippen molar-refractivity contribution in [2.75, 3.05) is 0 Å². The van der Waals surface area contributed by atoms with Crippen LogP contribution in [-0.4, -0.2) is 0 Å². The molecule has 1 fully saturated rings. The Hall–Kier alpha value is -0.520. The van der Waals surface area contributed by atoms with Crippen LogP contribution in [0, 0.1) is 11.8 Å². The lowest BCUT2D eigenvalue weighted by Crippen LogP contribution is -1.83. The van der Waals surface area contributed by atoms with Crippen LogP contribution in [0.15, 0.2) is 24.3 Å². The molecule has 0 aromatic heterocycles. The summed E-state index contributed by atoms with van der Waals surface area (Å²) in [6, 6.07) is 0. The van der Waals surface area contributed by atoms with Crippen LogP contribution in [-0.2, 0) is 0 Å². The molecule has 0 heteroatoms. The lowest BCUT2D eigenvalue weighted by molar-refractivity contribution is 0.616. The Kier molecular flexibility index (Phi) is 3.23. The van der Waals surface area contributed by atoms with Gasteiger partial charge in [-0.1, -0.05) is 24.3 Å². The molecule has 0 N–H and O–H groups in total. The third kappa shape index (κ3) is 3.02. The van der Waals surface area contributed by atoms with Gasteiger partial charge in [0.05, 0.1) is 0 Å². The van der Waals surface area contributed by atoms with Crippen LogP contribution in [0.3, 0.4) is 0 Å². The summed E-state index contributed by atoms with van der Waals surface area (Å²) < 4.78 is 0. The largest absolute Gasteiger partial charge is 0.0885 e. The number of rotatable bonds is 0. The van der Waals surface area contributed by atoms with Gasteiger partial charge in [0.15, 0.2) is 0 Å². The summed E-state index contributed by atoms with van der Waals surface area (Å²) in [5.74, 6) is 2.16. The van der Waals surface area contributed by atoms with E-state index in [1.54, 1.807) is 0 Å². The Morgan fingerprint density at radius 3 is 1.62 bits per heavy atom. The van der Waals surface area contributed by atoms with E-state index in [0.29, 0.717) is 0 Å². The van der Waals surface area contributed by atoms with Crippen molar-refractivity contribution in [3.05, 3.63) is 24.3 Å². The fourth-order valence-electron chi connectivity index (χ4n) is 2.30. The molecule has 2 rings (SSSR count). The summed E-state index contributed by atoms with van der Waals surface area (Å²) in [7, 11) is 0. The average Bonchev–Trinajstić information content (AvgIpc) is 2.83. The third-order valence-corrected chi connectivity index (χ3v) is 3.31. The first-order valence-electron chi connectivity index (χ1n) is 5.77. The van der Waals surface area contributed by atoms with Crippen LogP contribution in [0.2, 0.25) is 0 Å². The summed E-state index contributed by atoms with van der Waals surface area (Å²) in [5, 5.41) is 0. The monoisotopic (exact) mass is 176 g/mol. The molecule has 13 heavy (non-hydrogen) atoms. The van der Waals surface area contributed by atoms with Crippen molar-refractivity contribution in [1.82, 2.24) is 0 Å². The second kappa shape index (κ2) is 4.64. The number of fused-ring (bicyclic) bond motifs is 1. The maximum atomic E-state index is 2.38. The maximum Gasteiger partial charge on any atom is -0.0316 e. The van der Waals surface area contributed by atoms with Crippen LogP contribution < -0.4 is 0 Å². The molecular formula is C13H20. The zero-order chi connectivity index (χ0) is 8.93. The molecule has 0 radical (unpaired) electrons. The van der Waals surface area contributed by atoms with E-state index in [-0.39, 0.29) is 0 Å². The summed E-state index contributed by atoms with van der Waals surface area (Å²) in [4.78, 5) is 0. The lowest BCUT2D eigenvalue weighted by atomic mass is 10.1. The highest BCUT2D eigenvalue weighted by Crippen LogP contribution is 2.45. The first-order valence-corrected chi connectivity index (χ1v) is 5.77. The van der Waals surface area contributed by atoms with Gasteiger partial charge in [0.2, 0.25) is 0 Å². The third-order valence-electron chi connectivity index (χ3n) is 3.31. The van der Waals surface area contributed by atoms with E-state index in [2.05, 4.69) is 24.3 Å². The zero-order valence-electron chi connectivity index (χ0n) is 8.41. The second-order valence-electron chi connectivity index (χ2n) is 4.43. The van der Waals surface area contributed by atoms with Crippen LogP contribution in [0.25, 0.3) is 0 Å². The van der Waals surface area contributed by atoms with E-state index in [0.717, 1.165) is 11.8 Å². The molecule has 0 saturated heterocycles. The molecule has 0 aliphatic heterocycles. The molecule has 1 saturated carbocycles. The Balaban J connectivity index is 1.80. The minimum absolute atomic E-state index is 1.08. The molecule has 72 valence electrons. The van der Waals surface area contributed by atoms with Gasteiger partial charge in [-0.15, -0.1) is 0 Å². The highest BCUT2D eigenvalue weighted by molar-refractivity contribution is 4.94. The van der Waals surface area contributed by atoms with Crippen LogP contribution in [0.1, 0.15) is 44.9 Å². The van der Waals surface area contributed by atoms with Gasteiger partial charge in [0.1, 0.15) is 0 Å². The number of allylic oxidation sites excluding steroid dienone is 4. The van der Waals surface area contributed by atoms with Crippen molar-refractivity contribution in [2.24, 2.45) is 11.8 Å². The van der Waals surface area contributed by atoms with Gasteiger partial charge in [-0.25, -0.2) is 0 Å². The predicted molar refractivity (Wildman–Crippen MR) is 57.6 cm³/mol. The Morgan fingerprint density at radius 2 is 1.08 bits per heavy atom. The zero-order valence-corrected chi connectivity index (χ0v) is 8.41. The molecule has 2 atom stereocenters. The van der Waals surface area contributed by atoms with E-state index >= 15 is 0 Å². The van der Waals surface area contributed by atoms with Crippen molar-refractivity contribution in [3.8, 4) is 0 Å². The summed E-state index contributed by atoms with van der Waals surface area (Å²) >= 11 is 0. The fourth-order valence-corrected chi connectivity index (χ4v) is 2.30. The minimum Gasteiger partial charge on any atom is -0.0885 e. The van der Waals surface area contributed by atoms with E-state index in [9.17, 15) is 0 Å². The molecule has 0 amide bonds. The molecule has 0 spiro atoms. The van der Waals surface area contributed by atoms with Gasteiger partial charge in [-0.05, 0) is 56.8 Å². The summed E-state index contributed by atoms with van der Waals surface area (Å²) in [6.45, 7) is 0. The standard InChI is InChI=1S/C13H20/c1-2-4-6-8-10-13-11-12(13)9-7-5-3-1/h3-6,12-13H,1-2,7-11H2/b5-3+,6-4+. The normalized spacial score (nSPS) is 39.4. The Bertz CT molecular complexity index is 178. The quantitative estimate of drug-likeness (QED) is 0.488. The SMILES string of the molecule is C1=C/CCC2CC2CC/C=C/CC/1. The van der Waals surface area contributed by atoms with Gasteiger partial charge in [-0.2, -0.15) is 0 Å². The molecule has 0 aromatic rings. The van der Waals surface area contributed by atoms with Crippen LogP contribution in [0.5, 0.6) is 0 Å². The first-order chi connectivity index (χ1) is 6.47. The maximum absolute atomic E-state index is 2.38. The molecule has 0 heterocycles. The average molecular weight is 176 g/mol. The highest BCUT2D eigenvalue weighted by Gasteiger charge is 2.34. The van der Waals surface area contributed by atoms with Crippen LogP contribution in [0.4, 0.5) is 0 Å². The molecule has 0 nitrogen and oxygen atoms in total. The van der Waals surface area contributed by atoms with E-state index in [1.807, 2.05) is 0 Å². The van der Waals surface area contributed by atoms with E-state index in [4.69, 9.17) is 0 Å². The Morgan fingerprint density at radius 1 is 0.615 bits per heavy atom. The smallest absolute Gasteiger partial charge is 0.0316 e. The first kappa shape index (κ1) is 9.05. The highest BCUT2D eigenvalue weighted by atomic mass is 14.4. The lowest BCUT2D eigenvalue weighted by Gasteiger charge is -1.97. The molecule has 0 bridgehead atoms. The second-order valence-corrected chi connectivity index (χ2v) is 4.43. The van der Waals surface area contributed by atoms with Gasteiger partial charge in [0.25, 0.3) is 0 Å². The summed E-state index contributed by atoms with van der Waals surface area (Å²) in [6.07, 6.45) is 19.0. The fraction of sp³-hybridized carbons (Fsp3) is 0.692. The number of hydrogen-bond acceptors (Lipinski definition) is 0. The van der Waals surface area contributed by atoms with Gasteiger partial charge in [-0.3, -0.25) is 0 Å². The van der Waals surface area contributed by atoms with E-state index < -0.39 is 0 Å². The minimum atomic E-state index is 1.08. The van der Waals surface area contributed by atoms with Crippen LogP contribution >= 0.6 is 0 Å². The van der Waals surface area contributed by atoms with Crippen molar-refractivity contribution >= 4 is 0 Å². The van der Waals surface area contributed by atoms with Gasteiger partial charge in [0, 0.05) is 0 Å². The molecule has 2 aliphatic rings. The Labute approximate surface area is 81.7 Å². The van der Waals surface area contributed by atoms with Crippen molar-refractivity contribution in [2.45, 2.75) is 44.9 Å². The predicted octanol–water partition coefficient (Wildman–Crippen LogP) is 4.09. The molecule has 0 aromatic carbocycles. The van der Waals surface area contributed by atoms with Crippen molar-refractivity contribution in [3.63, 3.8) is 0 Å². The van der Waals surface area contributed by atoms with Crippen molar-refractivity contribution < 1.29 is 0 Å². The van der Waals surface area contributed by atoms with E-state index in [1.165, 1.54) is 44.9 Å². The van der Waals surface area contributed by atoms with Gasteiger partial charge >= 0.3 is 0 Å². The molecular weight excluding hydrogens is 156 g/mol. The van der Waals surface area contributed by atoms with Crippen molar-refractivity contribution in [1.29, 1.82) is 0 Å². The molecule has 2 aliphatic carbocycles. The number of hydrogen-bond donors (Lipinski definition) is 0. The van der Waals surface area contributed by atoms with Gasteiger partial charge < -0.3 is 0 Å². The molecule has 2 unspecified atom stereocenters. The summed E-state index contributed by atoms with van der Waals surface area (Å²) in [5.41, 5.74) is 0.